The summed E-state index contributed by atoms with van der Waals surface area (Å²) in [5.41, 5.74) is 1.10. The largest absolute Gasteiger partial charge is 0.480 e. The molecule has 110 valence electrons. The maximum absolute atomic E-state index is 11.9. The monoisotopic (exact) mass is 289 g/mol. The fourth-order valence-electron chi connectivity index (χ4n) is 1.91. The quantitative estimate of drug-likeness (QED) is 0.660. The number of hydrogen-bond donors (Lipinski definition) is 4. The van der Waals surface area contributed by atoms with Gasteiger partial charge in [0.1, 0.15) is 6.04 Å². The van der Waals surface area contributed by atoms with Crippen molar-refractivity contribution in [3.8, 4) is 0 Å². The minimum Gasteiger partial charge on any atom is -0.480 e. The number of fused-ring (bicyclic) bond motifs is 1. The standard InChI is InChI=1S/C14H15N3O4/c18-8-6-11(13(19)20)17-14(21)16-10-5-1-3-9-4-2-7-15-12(9)10/h1-5,7,11,18H,6,8H2,(H,19,20)(H2,16,17,21). The molecule has 0 saturated carbocycles. The molecule has 0 bridgehead atoms. The molecule has 0 fully saturated rings. The van der Waals surface area contributed by atoms with Crippen molar-refractivity contribution in [3.63, 3.8) is 0 Å². The number of aliphatic carboxylic acids is 1. The molecule has 4 N–H and O–H groups in total. The summed E-state index contributed by atoms with van der Waals surface area (Å²) in [6.07, 6.45) is 1.55. The molecule has 1 unspecified atom stereocenters. The SMILES string of the molecule is O=C(Nc1cccc2cccnc12)NC(CCO)C(=O)O. The molecular formula is C14H15N3O4. The molecule has 0 aliphatic carbocycles. The Hall–Kier alpha value is -2.67. The van der Waals surface area contributed by atoms with Crippen LogP contribution < -0.4 is 10.6 Å². The summed E-state index contributed by atoms with van der Waals surface area (Å²) in [7, 11) is 0. The second kappa shape index (κ2) is 6.67. The van der Waals surface area contributed by atoms with E-state index in [-0.39, 0.29) is 13.0 Å². The van der Waals surface area contributed by atoms with Gasteiger partial charge in [-0.15, -0.1) is 0 Å². The number of carbonyl (C=O) groups excluding carboxylic acids is 1. The Balaban J connectivity index is 2.13. The van der Waals surface area contributed by atoms with E-state index < -0.39 is 18.0 Å². The second-order valence-corrected chi connectivity index (χ2v) is 4.38. The van der Waals surface area contributed by atoms with Crippen LogP contribution in [0.3, 0.4) is 0 Å². The van der Waals surface area contributed by atoms with Crippen LogP contribution in [0, 0.1) is 0 Å². The van der Waals surface area contributed by atoms with E-state index in [0.29, 0.717) is 11.2 Å². The first-order valence-corrected chi connectivity index (χ1v) is 6.36. The van der Waals surface area contributed by atoms with E-state index in [1.165, 1.54) is 0 Å². The number of urea groups is 1. The highest BCUT2D eigenvalue weighted by Crippen LogP contribution is 2.20. The van der Waals surface area contributed by atoms with Gasteiger partial charge in [-0.3, -0.25) is 4.98 Å². The maximum Gasteiger partial charge on any atom is 0.326 e. The van der Waals surface area contributed by atoms with Crippen LogP contribution in [-0.2, 0) is 4.79 Å². The molecule has 0 saturated heterocycles. The van der Waals surface area contributed by atoms with E-state index in [0.717, 1.165) is 5.39 Å². The minimum atomic E-state index is -1.20. The number of benzene rings is 1. The average molecular weight is 289 g/mol. The van der Waals surface area contributed by atoms with Crippen LogP contribution in [0.4, 0.5) is 10.5 Å². The van der Waals surface area contributed by atoms with E-state index in [1.54, 1.807) is 24.4 Å². The molecule has 2 aromatic rings. The third-order valence-corrected chi connectivity index (χ3v) is 2.90. The van der Waals surface area contributed by atoms with Crippen LogP contribution >= 0.6 is 0 Å². The Bertz CT molecular complexity index is 654. The third-order valence-electron chi connectivity index (χ3n) is 2.90. The topological polar surface area (TPSA) is 112 Å². The lowest BCUT2D eigenvalue weighted by atomic mass is 10.2. The molecule has 0 aliphatic heterocycles. The Morgan fingerprint density at radius 1 is 1.24 bits per heavy atom. The Morgan fingerprint density at radius 2 is 2.00 bits per heavy atom. The van der Waals surface area contributed by atoms with Gasteiger partial charge in [-0.25, -0.2) is 9.59 Å². The van der Waals surface area contributed by atoms with Gasteiger partial charge in [-0.05, 0) is 12.1 Å². The molecular weight excluding hydrogens is 274 g/mol. The fraction of sp³-hybridized carbons (Fsp3) is 0.214. The second-order valence-electron chi connectivity index (χ2n) is 4.38. The van der Waals surface area contributed by atoms with Crippen molar-refractivity contribution in [1.29, 1.82) is 0 Å². The predicted molar refractivity (Wildman–Crippen MR) is 77.0 cm³/mol. The summed E-state index contributed by atoms with van der Waals surface area (Å²) in [4.78, 5) is 27.0. The number of aromatic nitrogens is 1. The van der Waals surface area contributed by atoms with Gasteiger partial charge in [0, 0.05) is 24.6 Å². The van der Waals surface area contributed by atoms with Crippen LogP contribution in [0.5, 0.6) is 0 Å². The Morgan fingerprint density at radius 3 is 2.71 bits per heavy atom. The molecule has 1 aromatic heterocycles. The van der Waals surface area contributed by atoms with Crippen molar-refractivity contribution >= 4 is 28.6 Å². The molecule has 0 aliphatic rings. The number of nitrogens with zero attached hydrogens (tertiary/aromatic N) is 1. The Labute approximate surface area is 120 Å². The maximum atomic E-state index is 11.9. The summed E-state index contributed by atoms with van der Waals surface area (Å²) in [5.74, 6) is -1.20. The number of aliphatic hydroxyl groups is 1. The first kappa shape index (κ1) is 14.7. The van der Waals surface area contributed by atoms with Gasteiger partial charge < -0.3 is 20.8 Å². The van der Waals surface area contributed by atoms with Crippen LogP contribution in [0.1, 0.15) is 6.42 Å². The van der Waals surface area contributed by atoms with E-state index in [9.17, 15) is 9.59 Å². The molecule has 1 heterocycles. The lowest BCUT2D eigenvalue weighted by Gasteiger charge is -2.14. The van der Waals surface area contributed by atoms with Crippen LogP contribution in [0.2, 0.25) is 0 Å². The van der Waals surface area contributed by atoms with Crippen LogP contribution in [0.15, 0.2) is 36.5 Å². The summed E-state index contributed by atoms with van der Waals surface area (Å²) in [6.45, 7) is -0.326. The van der Waals surface area contributed by atoms with Crippen molar-refractivity contribution in [2.75, 3.05) is 11.9 Å². The number of carbonyl (C=O) groups is 2. The summed E-state index contributed by atoms with van der Waals surface area (Å²) in [6, 6.07) is 7.15. The summed E-state index contributed by atoms with van der Waals surface area (Å²) in [5, 5.41) is 23.4. The number of anilines is 1. The number of pyridine rings is 1. The van der Waals surface area contributed by atoms with Crippen LogP contribution in [0.25, 0.3) is 10.9 Å². The molecule has 2 rings (SSSR count). The molecule has 21 heavy (non-hydrogen) atoms. The van der Waals surface area contributed by atoms with Gasteiger partial charge in [-0.2, -0.15) is 0 Å². The van der Waals surface area contributed by atoms with Gasteiger partial charge in [0.15, 0.2) is 0 Å². The number of rotatable bonds is 5. The molecule has 1 aromatic carbocycles. The number of hydrogen-bond acceptors (Lipinski definition) is 4. The zero-order valence-electron chi connectivity index (χ0n) is 11.1. The predicted octanol–water partition coefficient (Wildman–Crippen LogP) is 1.19. The fourth-order valence-corrected chi connectivity index (χ4v) is 1.91. The number of amides is 2. The number of nitrogens with one attached hydrogen (secondary N) is 2. The Kier molecular flexibility index (Phi) is 4.68. The first-order valence-electron chi connectivity index (χ1n) is 6.36. The zero-order chi connectivity index (χ0) is 15.2. The van der Waals surface area contributed by atoms with Gasteiger partial charge in [-0.1, -0.05) is 18.2 Å². The van der Waals surface area contributed by atoms with Crippen molar-refractivity contribution in [2.24, 2.45) is 0 Å². The van der Waals surface area contributed by atoms with E-state index in [2.05, 4.69) is 15.6 Å². The summed E-state index contributed by atoms with van der Waals surface area (Å²) < 4.78 is 0. The highest BCUT2D eigenvalue weighted by molar-refractivity contribution is 6.00. The highest BCUT2D eigenvalue weighted by Gasteiger charge is 2.19. The normalized spacial score (nSPS) is 11.9. The molecule has 0 spiro atoms. The van der Waals surface area contributed by atoms with E-state index >= 15 is 0 Å². The number of carboxylic acid groups (broad SMARTS) is 1. The van der Waals surface area contributed by atoms with Gasteiger partial charge in [0.25, 0.3) is 0 Å². The number of para-hydroxylation sites is 1. The van der Waals surface area contributed by atoms with Gasteiger partial charge >= 0.3 is 12.0 Å². The van der Waals surface area contributed by atoms with Crippen molar-refractivity contribution in [1.82, 2.24) is 10.3 Å². The van der Waals surface area contributed by atoms with Gasteiger partial charge in [0.05, 0.1) is 11.2 Å². The molecule has 7 nitrogen and oxygen atoms in total. The van der Waals surface area contributed by atoms with Crippen molar-refractivity contribution in [3.05, 3.63) is 36.5 Å². The number of aliphatic hydroxyl groups excluding tert-OH is 1. The van der Waals surface area contributed by atoms with Crippen molar-refractivity contribution < 1.29 is 19.8 Å². The minimum absolute atomic E-state index is 0.0590. The highest BCUT2D eigenvalue weighted by atomic mass is 16.4. The van der Waals surface area contributed by atoms with Crippen LogP contribution in [-0.4, -0.2) is 39.8 Å². The lowest BCUT2D eigenvalue weighted by Crippen LogP contribution is -2.43. The smallest absolute Gasteiger partial charge is 0.326 e. The first-order chi connectivity index (χ1) is 10.1. The molecule has 1 atom stereocenters. The van der Waals surface area contributed by atoms with Crippen molar-refractivity contribution in [2.45, 2.75) is 12.5 Å². The lowest BCUT2D eigenvalue weighted by molar-refractivity contribution is -0.139. The molecule has 7 heteroatoms. The molecule has 0 radical (unpaired) electrons. The van der Waals surface area contributed by atoms with E-state index in [4.69, 9.17) is 10.2 Å². The third kappa shape index (κ3) is 3.67. The molecule has 2 amide bonds. The summed E-state index contributed by atoms with van der Waals surface area (Å²) >= 11 is 0. The van der Waals surface area contributed by atoms with Gasteiger partial charge in [0.2, 0.25) is 0 Å². The van der Waals surface area contributed by atoms with E-state index in [1.807, 2.05) is 12.1 Å². The average Bonchev–Trinajstić information content (AvgIpc) is 2.47. The zero-order valence-corrected chi connectivity index (χ0v) is 11.1. The number of carboxylic acids is 1.